The van der Waals surface area contributed by atoms with Crippen LogP contribution >= 0.6 is 0 Å². The summed E-state index contributed by atoms with van der Waals surface area (Å²) < 4.78 is 24.9. The van der Waals surface area contributed by atoms with Gasteiger partial charge in [-0.25, -0.2) is 19.0 Å². The van der Waals surface area contributed by atoms with E-state index < -0.39 is 5.67 Å². The molecule has 0 N–H and O–H groups in total. The van der Waals surface area contributed by atoms with Crippen LogP contribution in [0.15, 0.2) is 61.1 Å². The Morgan fingerprint density at radius 3 is 2.71 bits per heavy atom. The fraction of sp³-hybridized carbons (Fsp3) is 0.208. The molecule has 5 rings (SSSR count). The highest BCUT2D eigenvalue weighted by atomic mass is 19.1. The molecular formula is C24H22FN5O. The van der Waals surface area contributed by atoms with Gasteiger partial charge in [-0.2, -0.15) is 5.10 Å². The second-order valence-electron chi connectivity index (χ2n) is 7.62. The van der Waals surface area contributed by atoms with E-state index in [2.05, 4.69) is 15.1 Å². The molecule has 1 atom stereocenters. The van der Waals surface area contributed by atoms with Crippen LogP contribution in [0.3, 0.4) is 0 Å². The monoisotopic (exact) mass is 415 g/mol. The third-order valence-corrected chi connectivity index (χ3v) is 5.56. The normalized spacial score (nSPS) is 17.9. The van der Waals surface area contributed by atoms with Crippen LogP contribution in [-0.4, -0.2) is 31.4 Å². The van der Waals surface area contributed by atoms with Crippen molar-refractivity contribution < 1.29 is 9.13 Å². The number of alkyl halides is 1. The average Bonchev–Trinajstić information content (AvgIpc) is 3.50. The Kier molecular flexibility index (Phi) is 4.66. The second-order valence-corrected chi connectivity index (χ2v) is 7.62. The Hall–Kier alpha value is -3.74. The molecule has 2 aromatic heterocycles. The molecule has 0 spiro atoms. The molecule has 6 nitrogen and oxygen atoms in total. The van der Waals surface area contributed by atoms with Gasteiger partial charge in [0.1, 0.15) is 5.75 Å². The molecular weight excluding hydrogens is 393 g/mol. The largest absolute Gasteiger partial charge is 0.495 e. The molecule has 1 unspecified atom stereocenters. The van der Waals surface area contributed by atoms with Crippen molar-refractivity contribution in [2.75, 3.05) is 7.11 Å². The highest BCUT2D eigenvalue weighted by molar-refractivity contribution is 5.69. The van der Waals surface area contributed by atoms with Gasteiger partial charge in [0.25, 0.3) is 0 Å². The molecule has 31 heavy (non-hydrogen) atoms. The number of methoxy groups -OCH3 is 1. The number of fused-ring (bicyclic) bond motifs is 1. The maximum atomic E-state index is 15.7. The van der Waals surface area contributed by atoms with Crippen LogP contribution in [0.5, 0.6) is 5.75 Å². The van der Waals surface area contributed by atoms with Crippen LogP contribution in [-0.2, 0) is 12.2 Å². The molecule has 1 aliphatic heterocycles. The molecule has 0 fully saturated rings. The van der Waals surface area contributed by atoms with Crippen molar-refractivity contribution in [3.05, 3.63) is 89.5 Å². The molecule has 0 bridgehead atoms. The molecule has 0 amide bonds. The van der Waals surface area contributed by atoms with Gasteiger partial charge < -0.3 is 9.30 Å². The highest BCUT2D eigenvalue weighted by Gasteiger charge is 2.44. The Labute approximate surface area is 179 Å². The standard InChI is InChI=1S/C24H22FN5O/c1-17-15-29(16-26-17)20-10-8-18(14-21(20)31-2)9-11-22-27-23-24(25,12-13-30(23)28-22)19-6-4-3-5-7-19/h3-11,14-16H,12-13H2,1-2H3. The zero-order valence-corrected chi connectivity index (χ0v) is 17.4. The summed E-state index contributed by atoms with van der Waals surface area (Å²) in [6, 6.07) is 15.1. The molecule has 1 aliphatic rings. The van der Waals surface area contributed by atoms with Gasteiger partial charge in [-0.15, -0.1) is 0 Å². The van der Waals surface area contributed by atoms with E-state index in [9.17, 15) is 0 Å². The van der Waals surface area contributed by atoms with E-state index in [0.717, 1.165) is 22.7 Å². The first kappa shape index (κ1) is 19.2. The van der Waals surface area contributed by atoms with Gasteiger partial charge in [0.05, 0.1) is 24.8 Å². The van der Waals surface area contributed by atoms with Gasteiger partial charge >= 0.3 is 0 Å². The topological polar surface area (TPSA) is 57.8 Å². The first-order valence-electron chi connectivity index (χ1n) is 10.1. The molecule has 156 valence electrons. The molecule has 2 aromatic carbocycles. The predicted octanol–water partition coefficient (Wildman–Crippen LogP) is 4.57. The Balaban J connectivity index is 1.42. The summed E-state index contributed by atoms with van der Waals surface area (Å²) in [6.07, 6.45) is 7.75. The third-order valence-electron chi connectivity index (χ3n) is 5.56. The lowest BCUT2D eigenvalue weighted by atomic mass is 9.94. The molecule has 0 saturated heterocycles. The van der Waals surface area contributed by atoms with E-state index in [4.69, 9.17) is 4.74 Å². The summed E-state index contributed by atoms with van der Waals surface area (Å²) in [7, 11) is 1.64. The number of aromatic nitrogens is 5. The number of benzene rings is 2. The lowest BCUT2D eigenvalue weighted by molar-refractivity contribution is 0.217. The van der Waals surface area contributed by atoms with Gasteiger partial charge in [-0.1, -0.05) is 42.5 Å². The van der Waals surface area contributed by atoms with Gasteiger partial charge in [-0.05, 0) is 36.3 Å². The predicted molar refractivity (Wildman–Crippen MR) is 117 cm³/mol. The van der Waals surface area contributed by atoms with E-state index in [1.807, 2.05) is 60.2 Å². The number of hydrogen-bond donors (Lipinski definition) is 0. The van der Waals surface area contributed by atoms with Gasteiger partial charge in [0.15, 0.2) is 17.3 Å². The molecule has 7 heteroatoms. The minimum absolute atomic E-state index is 0.350. The lowest BCUT2D eigenvalue weighted by Gasteiger charge is -2.17. The van der Waals surface area contributed by atoms with E-state index >= 15 is 4.39 Å². The van der Waals surface area contributed by atoms with E-state index in [0.29, 0.717) is 30.2 Å². The minimum Gasteiger partial charge on any atom is -0.495 e. The number of aryl methyl sites for hydroxylation is 2. The van der Waals surface area contributed by atoms with Crippen LogP contribution in [0.1, 0.15) is 34.9 Å². The van der Waals surface area contributed by atoms with Crippen molar-refractivity contribution in [3.8, 4) is 11.4 Å². The van der Waals surface area contributed by atoms with Crippen molar-refractivity contribution in [2.45, 2.75) is 25.6 Å². The molecule has 4 aromatic rings. The number of ether oxygens (including phenoxy) is 1. The van der Waals surface area contributed by atoms with Gasteiger partial charge in [-0.3, -0.25) is 0 Å². The average molecular weight is 415 g/mol. The van der Waals surface area contributed by atoms with Gasteiger partial charge in [0, 0.05) is 19.2 Å². The van der Waals surface area contributed by atoms with E-state index in [1.54, 1.807) is 36.3 Å². The smallest absolute Gasteiger partial charge is 0.196 e. The Bertz CT molecular complexity index is 1260. The SMILES string of the molecule is COc1cc(C=Cc2nc3n(n2)CCC3(F)c2ccccc2)ccc1-n1cnc(C)c1. The maximum absolute atomic E-state index is 15.7. The zero-order chi connectivity index (χ0) is 21.4. The zero-order valence-electron chi connectivity index (χ0n) is 17.4. The minimum atomic E-state index is -1.60. The molecule has 0 aliphatic carbocycles. The van der Waals surface area contributed by atoms with Crippen molar-refractivity contribution in [2.24, 2.45) is 0 Å². The summed E-state index contributed by atoms with van der Waals surface area (Å²) in [5.74, 6) is 1.58. The Morgan fingerprint density at radius 2 is 1.97 bits per heavy atom. The van der Waals surface area contributed by atoms with Crippen LogP contribution in [0.25, 0.3) is 17.8 Å². The van der Waals surface area contributed by atoms with E-state index in [-0.39, 0.29) is 0 Å². The van der Waals surface area contributed by atoms with Crippen LogP contribution in [0.4, 0.5) is 4.39 Å². The van der Waals surface area contributed by atoms with Crippen LogP contribution in [0.2, 0.25) is 0 Å². The molecule has 3 heterocycles. The lowest BCUT2D eigenvalue weighted by Crippen LogP contribution is -2.19. The number of rotatable bonds is 5. The summed E-state index contributed by atoms with van der Waals surface area (Å²) in [5, 5.41) is 4.47. The molecule has 0 radical (unpaired) electrons. The first-order chi connectivity index (χ1) is 15.1. The number of halogens is 1. The number of nitrogens with zero attached hydrogens (tertiary/aromatic N) is 5. The fourth-order valence-corrected chi connectivity index (χ4v) is 3.96. The Morgan fingerprint density at radius 1 is 1.13 bits per heavy atom. The van der Waals surface area contributed by atoms with Gasteiger partial charge in [0.2, 0.25) is 0 Å². The van der Waals surface area contributed by atoms with Crippen molar-refractivity contribution in [1.82, 2.24) is 24.3 Å². The van der Waals surface area contributed by atoms with Crippen LogP contribution < -0.4 is 4.74 Å². The number of hydrogen-bond acceptors (Lipinski definition) is 4. The van der Waals surface area contributed by atoms with Crippen LogP contribution in [0, 0.1) is 6.92 Å². The quantitative estimate of drug-likeness (QED) is 0.479. The maximum Gasteiger partial charge on any atom is 0.196 e. The summed E-state index contributed by atoms with van der Waals surface area (Å²) in [4.78, 5) is 8.76. The van der Waals surface area contributed by atoms with Crippen molar-refractivity contribution in [1.29, 1.82) is 0 Å². The third kappa shape index (κ3) is 3.42. The second kappa shape index (κ2) is 7.50. The number of imidazole rings is 1. The first-order valence-corrected chi connectivity index (χ1v) is 10.1. The highest BCUT2D eigenvalue weighted by Crippen LogP contribution is 2.41. The summed E-state index contributed by atoms with van der Waals surface area (Å²) >= 11 is 0. The summed E-state index contributed by atoms with van der Waals surface area (Å²) in [5.41, 5.74) is 1.79. The summed E-state index contributed by atoms with van der Waals surface area (Å²) in [6.45, 7) is 2.45. The van der Waals surface area contributed by atoms with E-state index in [1.165, 1.54) is 0 Å². The van der Waals surface area contributed by atoms with Crippen molar-refractivity contribution >= 4 is 12.2 Å². The van der Waals surface area contributed by atoms with Crippen molar-refractivity contribution in [3.63, 3.8) is 0 Å². The molecule has 0 saturated carbocycles. The fourth-order valence-electron chi connectivity index (χ4n) is 3.96.